The molecule has 0 saturated carbocycles. The predicted octanol–water partition coefficient (Wildman–Crippen LogP) is -0.340. The quantitative estimate of drug-likeness (QED) is 0.499. The lowest BCUT2D eigenvalue weighted by Crippen LogP contribution is -3.13. The number of hydrogen-bond donors (Lipinski definition) is 3. The Balaban J connectivity index is 1.45. The van der Waals surface area contributed by atoms with Gasteiger partial charge in [0, 0.05) is 11.6 Å². The van der Waals surface area contributed by atoms with Crippen LogP contribution >= 0.6 is 11.8 Å². The van der Waals surface area contributed by atoms with Gasteiger partial charge in [0.25, 0.3) is 0 Å². The van der Waals surface area contributed by atoms with Crippen molar-refractivity contribution in [1.82, 2.24) is 14.9 Å². The second kappa shape index (κ2) is 8.17. The number of nitrogens with one attached hydrogen (secondary N) is 1. The maximum atomic E-state index is 12.4. The summed E-state index contributed by atoms with van der Waals surface area (Å²) in [6, 6.07) is 12.0. The van der Waals surface area contributed by atoms with Gasteiger partial charge in [-0.25, -0.2) is 9.97 Å². The average Bonchev–Trinajstić information content (AvgIpc) is 2.60. The zero-order chi connectivity index (χ0) is 17.6. The molecular formula is C17H23N6OS+. The summed E-state index contributed by atoms with van der Waals surface area (Å²) in [5.74, 6) is 1.05. The van der Waals surface area contributed by atoms with Crippen LogP contribution in [0.3, 0.4) is 0 Å². The number of piperazine rings is 1. The van der Waals surface area contributed by atoms with E-state index >= 15 is 0 Å². The van der Waals surface area contributed by atoms with Crippen molar-refractivity contribution in [3.63, 3.8) is 0 Å². The van der Waals surface area contributed by atoms with E-state index in [9.17, 15) is 4.79 Å². The second-order valence-corrected chi connectivity index (χ2v) is 7.02. The van der Waals surface area contributed by atoms with Gasteiger partial charge >= 0.3 is 0 Å². The van der Waals surface area contributed by atoms with Crippen LogP contribution in [0.15, 0.2) is 41.6 Å². The molecule has 0 atom stereocenters. The molecule has 0 unspecified atom stereocenters. The number of anilines is 2. The number of thioether (sulfide) groups is 1. The summed E-state index contributed by atoms with van der Waals surface area (Å²) in [4.78, 5) is 24.0. The molecule has 3 rings (SSSR count). The summed E-state index contributed by atoms with van der Waals surface area (Å²) >= 11 is 1.27. The summed E-state index contributed by atoms with van der Waals surface area (Å²) in [7, 11) is 0. The van der Waals surface area contributed by atoms with E-state index in [4.69, 9.17) is 11.5 Å². The van der Waals surface area contributed by atoms with Gasteiger partial charge in [0.1, 0.15) is 18.2 Å². The third-order valence-corrected chi connectivity index (χ3v) is 5.02. The van der Waals surface area contributed by atoms with Crippen molar-refractivity contribution in [2.24, 2.45) is 0 Å². The fourth-order valence-electron chi connectivity index (χ4n) is 2.88. The van der Waals surface area contributed by atoms with Crippen molar-refractivity contribution in [2.45, 2.75) is 11.7 Å². The van der Waals surface area contributed by atoms with Crippen LogP contribution in [0.25, 0.3) is 0 Å². The first kappa shape index (κ1) is 17.5. The Bertz CT molecular complexity index is 698. The molecule has 1 saturated heterocycles. The van der Waals surface area contributed by atoms with Crippen molar-refractivity contribution in [2.75, 3.05) is 43.4 Å². The highest BCUT2D eigenvalue weighted by molar-refractivity contribution is 7.99. The number of benzene rings is 1. The highest BCUT2D eigenvalue weighted by atomic mass is 32.2. The molecule has 7 nitrogen and oxygen atoms in total. The zero-order valence-electron chi connectivity index (χ0n) is 14.0. The van der Waals surface area contributed by atoms with Crippen molar-refractivity contribution >= 4 is 29.3 Å². The Kier molecular flexibility index (Phi) is 5.72. The van der Waals surface area contributed by atoms with E-state index in [1.54, 1.807) is 0 Å². The fourth-order valence-corrected chi connectivity index (χ4v) is 3.65. The summed E-state index contributed by atoms with van der Waals surface area (Å²) in [5.41, 5.74) is 12.6. The molecule has 1 fully saturated rings. The summed E-state index contributed by atoms with van der Waals surface area (Å²) < 4.78 is 0. The number of quaternary nitrogens is 1. The van der Waals surface area contributed by atoms with Gasteiger partial charge in [0.2, 0.25) is 5.91 Å². The Morgan fingerprint density at radius 1 is 1.12 bits per heavy atom. The summed E-state index contributed by atoms with van der Waals surface area (Å²) in [6.07, 6.45) is 0. The number of aromatic nitrogens is 2. The molecule has 0 radical (unpaired) electrons. The molecule has 132 valence electrons. The SMILES string of the molecule is Nc1cc(N)nc(SCC(=O)N2CC[NH+](Cc3ccccc3)CC2)n1. The Labute approximate surface area is 151 Å². The average molecular weight is 359 g/mol. The maximum Gasteiger partial charge on any atom is 0.233 e. The topological polar surface area (TPSA) is 103 Å². The van der Waals surface area contributed by atoms with Gasteiger partial charge in [-0.1, -0.05) is 42.1 Å². The standard InChI is InChI=1S/C17H22N6OS/c18-14-10-15(19)21-17(20-14)25-12-16(24)23-8-6-22(7-9-23)11-13-4-2-1-3-5-13/h1-5,10H,6-9,11-12H2,(H4,18,19,20,21)/p+1. The van der Waals surface area contributed by atoms with Crippen LogP contribution in [0, 0.1) is 0 Å². The first-order chi connectivity index (χ1) is 12.1. The molecule has 1 aliphatic heterocycles. The van der Waals surface area contributed by atoms with E-state index in [0.717, 1.165) is 32.7 Å². The largest absolute Gasteiger partial charge is 0.383 e. The zero-order valence-corrected chi connectivity index (χ0v) is 14.8. The third-order valence-electron chi connectivity index (χ3n) is 4.19. The van der Waals surface area contributed by atoms with E-state index in [2.05, 4.69) is 34.2 Å². The number of hydrogen-bond acceptors (Lipinski definition) is 6. The Hall–Kier alpha value is -2.32. The van der Waals surface area contributed by atoms with Gasteiger partial charge in [-0.05, 0) is 0 Å². The maximum absolute atomic E-state index is 12.4. The first-order valence-corrected chi connectivity index (χ1v) is 9.27. The second-order valence-electron chi connectivity index (χ2n) is 6.08. The van der Waals surface area contributed by atoms with Crippen molar-refractivity contribution in [3.8, 4) is 0 Å². The van der Waals surface area contributed by atoms with Gasteiger partial charge in [-0.15, -0.1) is 0 Å². The first-order valence-electron chi connectivity index (χ1n) is 8.28. The normalized spacial score (nSPS) is 15.3. The molecule has 0 spiro atoms. The van der Waals surface area contributed by atoms with Gasteiger partial charge in [-0.2, -0.15) is 0 Å². The smallest absolute Gasteiger partial charge is 0.233 e. The van der Waals surface area contributed by atoms with E-state index in [0.29, 0.717) is 22.5 Å². The van der Waals surface area contributed by atoms with E-state index in [1.807, 2.05) is 11.0 Å². The van der Waals surface area contributed by atoms with Gasteiger partial charge in [-0.3, -0.25) is 4.79 Å². The number of nitrogen functional groups attached to an aromatic ring is 2. The number of nitrogens with two attached hydrogens (primary N) is 2. The minimum Gasteiger partial charge on any atom is -0.383 e. The Morgan fingerprint density at radius 3 is 2.40 bits per heavy atom. The molecule has 25 heavy (non-hydrogen) atoms. The number of amides is 1. The van der Waals surface area contributed by atoms with E-state index in [1.165, 1.54) is 28.3 Å². The monoisotopic (exact) mass is 359 g/mol. The summed E-state index contributed by atoms with van der Waals surface area (Å²) in [6.45, 7) is 4.50. The molecule has 0 aliphatic carbocycles. The Morgan fingerprint density at radius 2 is 1.76 bits per heavy atom. The molecular weight excluding hydrogens is 336 g/mol. The molecule has 1 aromatic heterocycles. The van der Waals surface area contributed by atoms with E-state index < -0.39 is 0 Å². The molecule has 1 aliphatic rings. The van der Waals surface area contributed by atoms with Gasteiger partial charge in [0.05, 0.1) is 31.9 Å². The molecule has 5 N–H and O–H groups in total. The molecule has 1 aromatic carbocycles. The molecule has 8 heteroatoms. The third kappa shape index (κ3) is 5.07. The highest BCUT2D eigenvalue weighted by Crippen LogP contribution is 2.16. The molecule has 2 heterocycles. The lowest BCUT2D eigenvalue weighted by molar-refractivity contribution is -0.917. The van der Waals surface area contributed by atoms with Crippen molar-refractivity contribution in [1.29, 1.82) is 0 Å². The van der Waals surface area contributed by atoms with Gasteiger partial charge < -0.3 is 21.3 Å². The fraction of sp³-hybridized carbons (Fsp3) is 0.353. The predicted molar refractivity (Wildman–Crippen MR) is 99.0 cm³/mol. The molecule has 1 amide bonds. The highest BCUT2D eigenvalue weighted by Gasteiger charge is 2.23. The number of rotatable bonds is 5. The van der Waals surface area contributed by atoms with Crippen molar-refractivity contribution in [3.05, 3.63) is 42.0 Å². The van der Waals surface area contributed by atoms with Crippen LogP contribution in [0.5, 0.6) is 0 Å². The number of carbonyl (C=O) groups excluding carboxylic acids is 1. The van der Waals surface area contributed by atoms with Crippen LogP contribution < -0.4 is 16.4 Å². The van der Waals surface area contributed by atoms with Crippen LogP contribution in [0.2, 0.25) is 0 Å². The minimum atomic E-state index is 0.105. The molecule has 2 aromatic rings. The van der Waals surface area contributed by atoms with E-state index in [-0.39, 0.29) is 5.91 Å². The minimum absolute atomic E-state index is 0.105. The van der Waals surface area contributed by atoms with Gasteiger partial charge in [0.15, 0.2) is 5.16 Å². The van der Waals surface area contributed by atoms with Crippen LogP contribution in [-0.4, -0.2) is 52.7 Å². The number of nitrogens with zero attached hydrogens (tertiary/aromatic N) is 3. The van der Waals surface area contributed by atoms with Crippen LogP contribution in [0.1, 0.15) is 5.56 Å². The molecule has 0 bridgehead atoms. The van der Waals surface area contributed by atoms with Crippen LogP contribution in [0.4, 0.5) is 11.6 Å². The number of carbonyl (C=O) groups is 1. The van der Waals surface area contributed by atoms with Crippen molar-refractivity contribution < 1.29 is 9.69 Å². The summed E-state index contributed by atoms with van der Waals surface area (Å²) in [5, 5.41) is 0.444. The van der Waals surface area contributed by atoms with Crippen LogP contribution in [-0.2, 0) is 11.3 Å². The lowest BCUT2D eigenvalue weighted by atomic mass is 10.2. The lowest BCUT2D eigenvalue weighted by Gasteiger charge is -2.32.